The van der Waals surface area contributed by atoms with Crippen molar-refractivity contribution in [3.8, 4) is 0 Å². The van der Waals surface area contributed by atoms with Gasteiger partial charge in [-0.1, -0.05) is 70.5 Å². The summed E-state index contributed by atoms with van der Waals surface area (Å²) in [7, 11) is 0. The molecule has 0 saturated carbocycles. The van der Waals surface area contributed by atoms with E-state index < -0.39 is 0 Å². The highest BCUT2D eigenvalue weighted by molar-refractivity contribution is 9.10. The zero-order chi connectivity index (χ0) is 14.2. The Morgan fingerprint density at radius 1 is 0.810 bits per heavy atom. The van der Waals surface area contributed by atoms with E-state index in [0.717, 1.165) is 19.6 Å². The van der Waals surface area contributed by atoms with Crippen LogP contribution in [0.1, 0.15) is 16.7 Å². The first-order valence-electron chi connectivity index (χ1n) is 7.26. The van der Waals surface area contributed by atoms with Crippen molar-refractivity contribution in [1.29, 1.82) is 0 Å². The highest BCUT2D eigenvalue weighted by Gasteiger charge is 2.19. The van der Waals surface area contributed by atoms with Gasteiger partial charge in [0.1, 0.15) is 0 Å². The van der Waals surface area contributed by atoms with Gasteiger partial charge >= 0.3 is 0 Å². The van der Waals surface area contributed by atoms with Crippen molar-refractivity contribution in [2.45, 2.75) is 19.6 Å². The second kappa shape index (κ2) is 5.28. The maximum atomic E-state index is 3.67. The molecule has 104 valence electrons. The molecule has 0 aliphatic carbocycles. The molecule has 3 aromatic carbocycles. The van der Waals surface area contributed by atoms with Gasteiger partial charge in [0.15, 0.2) is 0 Å². The molecular weight excluding hydrogens is 322 g/mol. The molecule has 0 spiro atoms. The van der Waals surface area contributed by atoms with Crippen LogP contribution in [-0.2, 0) is 19.6 Å². The maximum Gasteiger partial charge on any atom is 0.0254 e. The summed E-state index contributed by atoms with van der Waals surface area (Å²) in [6, 6.07) is 21.8. The summed E-state index contributed by atoms with van der Waals surface area (Å²) in [6.45, 7) is 3.05. The number of hydrogen-bond acceptors (Lipinski definition) is 1. The van der Waals surface area contributed by atoms with Crippen LogP contribution >= 0.6 is 15.9 Å². The van der Waals surface area contributed by atoms with E-state index in [0.29, 0.717) is 0 Å². The summed E-state index contributed by atoms with van der Waals surface area (Å²) < 4.78 is 1.19. The predicted molar refractivity (Wildman–Crippen MR) is 91.0 cm³/mol. The summed E-state index contributed by atoms with van der Waals surface area (Å²) in [6.07, 6.45) is 0. The van der Waals surface area contributed by atoms with Crippen molar-refractivity contribution in [1.82, 2.24) is 4.90 Å². The molecule has 2 heteroatoms. The van der Waals surface area contributed by atoms with Crippen LogP contribution in [0.2, 0.25) is 0 Å². The zero-order valence-corrected chi connectivity index (χ0v) is 13.3. The fourth-order valence-corrected chi connectivity index (χ4v) is 3.74. The molecule has 0 saturated heterocycles. The molecule has 1 aliphatic rings. The van der Waals surface area contributed by atoms with Gasteiger partial charge in [-0.25, -0.2) is 0 Å². The standard InChI is InChI=1S/C19H16BrN/c20-18-10-9-16-13-21(11-14-5-2-1-3-6-14)12-15-7-4-8-17(18)19(15)16/h1-10H,11-13H2. The van der Waals surface area contributed by atoms with Crippen molar-refractivity contribution in [3.63, 3.8) is 0 Å². The average Bonchev–Trinajstić information content (AvgIpc) is 2.52. The smallest absolute Gasteiger partial charge is 0.0254 e. The first kappa shape index (κ1) is 13.1. The molecule has 1 aliphatic heterocycles. The number of rotatable bonds is 2. The monoisotopic (exact) mass is 337 g/mol. The number of halogens is 1. The van der Waals surface area contributed by atoms with Crippen molar-refractivity contribution in [2.75, 3.05) is 0 Å². The summed E-state index contributed by atoms with van der Waals surface area (Å²) >= 11 is 3.67. The van der Waals surface area contributed by atoms with Gasteiger partial charge in [0.05, 0.1) is 0 Å². The van der Waals surface area contributed by atoms with E-state index in [1.807, 2.05) is 0 Å². The van der Waals surface area contributed by atoms with Crippen molar-refractivity contribution < 1.29 is 0 Å². The quantitative estimate of drug-likeness (QED) is 0.627. The molecule has 21 heavy (non-hydrogen) atoms. The van der Waals surface area contributed by atoms with Crippen LogP contribution in [0.5, 0.6) is 0 Å². The van der Waals surface area contributed by atoms with Crippen molar-refractivity contribution >= 4 is 26.7 Å². The minimum Gasteiger partial charge on any atom is -0.291 e. The molecule has 0 aromatic heterocycles. The van der Waals surface area contributed by atoms with Gasteiger partial charge in [-0.3, -0.25) is 4.90 Å². The predicted octanol–water partition coefficient (Wildman–Crippen LogP) is 5.12. The van der Waals surface area contributed by atoms with E-state index in [2.05, 4.69) is 81.5 Å². The van der Waals surface area contributed by atoms with Crippen LogP contribution in [0.4, 0.5) is 0 Å². The second-order valence-corrected chi connectivity index (χ2v) is 6.53. The normalized spacial score (nSPS) is 14.5. The van der Waals surface area contributed by atoms with Crippen LogP contribution in [0.3, 0.4) is 0 Å². The Labute approximate surface area is 133 Å². The third-order valence-corrected chi connectivity index (χ3v) is 4.89. The highest BCUT2D eigenvalue weighted by Crippen LogP contribution is 2.34. The van der Waals surface area contributed by atoms with Gasteiger partial charge in [-0.05, 0) is 33.5 Å². The average molecular weight is 338 g/mol. The van der Waals surface area contributed by atoms with E-state index in [4.69, 9.17) is 0 Å². The molecule has 0 bridgehead atoms. The van der Waals surface area contributed by atoms with E-state index in [-0.39, 0.29) is 0 Å². The number of hydrogen-bond donors (Lipinski definition) is 0. The molecule has 1 heterocycles. The summed E-state index contributed by atoms with van der Waals surface area (Å²) in [5.41, 5.74) is 4.25. The Bertz CT molecular complexity index is 783. The molecule has 3 aromatic rings. The van der Waals surface area contributed by atoms with Gasteiger partial charge in [0, 0.05) is 24.1 Å². The van der Waals surface area contributed by atoms with Gasteiger partial charge in [0.25, 0.3) is 0 Å². The molecule has 0 radical (unpaired) electrons. The third-order valence-electron chi connectivity index (χ3n) is 4.20. The summed E-state index contributed by atoms with van der Waals surface area (Å²) in [5, 5.41) is 2.78. The van der Waals surface area contributed by atoms with E-state index in [1.54, 1.807) is 0 Å². The summed E-state index contributed by atoms with van der Waals surface area (Å²) in [5.74, 6) is 0. The Morgan fingerprint density at radius 2 is 1.57 bits per heavy atom. The van der Waals surface area contributed by atoms with E-state index in [9.17, 15) is 0 Å². The molecule has 0 atom stereocenters. The first-order valence-corrected chi connectivity index (χ1v) is 8.06. The maximum absolute atomic E-state index is 3.67. The van der Waals surface area contributed by atoms with Gasteiger partial charge < -0.3 is 0 Å². The van der Waals surface area contributed by atoms with Crippen molar-refractivity contribution in [3.05, 3.63) is 81.8 Å². The Hall–Kier alpha value is -1.64. The number of benzene rings is 3. The molecule has 0 unspecified atom stereocenters. The lowest BCUT2D eigenvalue weighted by atomic mass is 9.95. The van der Waals surface area contributed by atoms with Crippen LogP contribution < -0.4 is 0 Å². The Morgan fingerprint density at radius 3 is 2.38 bits per heavy atom. The molecule has 0 N–H and O–H groups in total. The highest BCUT2D eigenvalue weighted by atomic mass is 79.9. The van der Waals surface area contributed by atoms with Crippen LogP contribution in [0.15, 0.2) is 65.1 Å². The van der Waals surface area contributed by atoms with Crippen LogP contribution in [0.25, 0.3) is 10.8 Å². The van der Waals surface area contributed by atoms with Gasteiger partial charge in [0.2, 0.25) is 0 Å². The lowest BCUT2D eigenvalue weighted by Gasteiger charge is -2.29. The SMILES string of the molecule is Brc1ccc2c3c(cccc13)CN(Cc1ccccc1)C2. The zero-order valence-electron chi connectivity index (χ0n) is 11.7. The van der Waals surface area contributed by atoms with Crippen LogP contribution in [-0.4, -0.2) is 4.90 Å². The fourth-order valence-electron chi connectivity index (χ4n) is 3.28. The minimum atomic E-state index is 1.01. The van der Waals surface area contributed by atoms with Crippen molar-refractivity contribution in [2.24, 2.45) is 0 Å². The first-order chi connectivity index (χ1) is 10.3. The van der Waals surface area contributed by atoms with Gasteiger partial charge in [-0.2, -0.15) is 0 Å². The lowest BCUT2D eigenvalue weighted by molar-refractivity contribution is 0.243. The number of nitrogens with zero attached hydrogens (tertiary/aromatic N) is 1. The lowest BCUT2D eigenvalue weighted by Crippen LogP contribution is -2.26. The Kier molecular flexibility index (Phi) is 3.28. The Balaban J connectivity index is 1.71. The fraction of sp³-hybridized carbons (Fsp3) is 0.158. The van der Waals surface area contributed by atoms with E-state index >= 15 is 0 Å². The molecule has 1 nitrogen and oxygen atoms in total. The largest absolute Gasteiger partial charge is 0.291 e. The second-order valence-electron chi connectivity index (χ2n) is 5.68. The minimum absolute atomic E-state index is 1.01. The molecular formula is C19H16BrN. The molecule has 0 amide bonds. The summed E-state index contributed by atoms with van der Waals surface area (Å²) in [4.78, 5) is 2.51. The van der Waals surface area contributed by atoms with Gasteiger partial charge in [-0.15, -0.1) is 0 Å². The molecule has 0 fully saturated rings. The molecule has 4 rings (SSSR count). The van der Waals surface area contributed by atoms with Crippen LogP contribution in [0, 0.1) is 0 Å². The van der Waals surface area contributed by atoms with E-state index in [1.165, 1.54) is 31.9 Å². The topological polar surface area (TPSA) is 3.24 Å². The third kappa shape index (κ3) is 2.39.